The lowest BCUT2D eigenvalue weighted by molar-refractivity contribution is 0.590. The molecule has 9 aromatic carbocycles. The number of thiophene rings is 1. The molecule has 0 unspecified atom stereocenters. The van der Waals surface area contributed by atoms with Crippen LogP contribution < -0.4 is 15.7 Å². The first-order chi connectivity index (χ1) is 34.8. The summed E-state index contributed by atoms with van der Waals surface area (Å²) >= 11 is 1.91. The lowest BCUT2D eigenvalue weighted by Gasteiger charge is -2.43. The molecule has 0 saturated carbocycles. The molecule has 0 atom stereocenters. The van der Waals surface area contributed by atoms with Crippen molar-refractivity contribution >= 4 is 93.4 Å². The Hall–Kier alpha value is -7.60. The van der Waals surface area contributed by atoms with Gasteiger partial charge in [0.15, 0.2) is 0 Å². The zero-order valence-electron chi connectivity index (χ0n) is 42.0. The van der Waals surface area contributed by atoms with E-state index in [2.05, 4.69) is 241 Å². The number of aromatic nitrogens is 1. The highest BCUT2D eigenvalue weighted by Gasteiger charge is 2.50. The topological polar surface area (TPSA) is 21.3 Å². The van der Waals surface area contributed by atoms with E-state index in [-0.39, 0.29) is 23.1 Å². The smallest absolute Gasteiger partial charge is 0.333 e. The SMILES string of the molecule is CC(C)(C)c1ccc(N2B3c4cc5oc(-c6ccccc6)c(-c6ccccc6)c5cc4-n4c5ccc(C(C)(C)C)cc5c5c6c(c(c3c54)-c3cc4c(cc32)sc2ccccc24)C(C)(C)c2ccccc2-6)cc1. The summed E-state index contributed by atoms with van der Waals surface area (Å²) in [7, 11) is 0. The molecule has 0 saturated heterocycles. The molecule has 0 bridgehead atoms. The van der Waals surface area contributed by atoms with Crippen molar-refractivity contribution < 1.29 is 4.42 Å². The lowest BCUT2D eigenvalue weighted by Crippen LogP contribution is -2.61. The van der Waals surface area contributed by atoms with Crippen molar-refractivity contribution in [3.05, 3.63) is 198 Å². The Balaban J connectivity index is 1.18. The van der Waals surface area contributed by atoms with Crippen LogP contribution in [0.25, 0.3) is 103 Å². The van der Waals surface area contributed by atoms with E-state index in [0.717, 1.165) is 33.4 Å². The minimum Gasteiger partial charge on any atom is -0.455 e. The fourth-order valence-electron chi connectivity index (χ4n) is 13.2. The molecule has 3 aliphatic rings. The van der Waals surface area contributed by atoms with Gasteiger partial charge in [-0.25, -0.2) is 0 Å². The van der Waals surface area contributed by atoms with Gasteiger partial charge in [0.25, 0.3) is 0 Å². The maximum Gasteiger partial charge on any atom is 0.333 e. The lowest BCUT2D eigenvalue weighted by atomic mass is 9.43. The van der Waals surface area contributed by atoms with E-state index in [0.29, 0.717) is 0 Å². The first-order valence-corrected chi connectivity index (χ1v) is 26.4. The van der Waals surface area contributed by atoms with Crippen molar-refractivity contribution in [2.75, 3.05) is 4.81 Å². The predicted molar refractivity (Wildman–Crippen MR) is 308 cm³/mol. The maximum absolute atomic E-state index is 7.31. The Morgan fingerprint density at radius 1 is 0.528 bits per heavy atom. The van der Waals surface area contributed by atoms with Gasteiger partial charge in [-0.15, -0.1) is 11.3 Å². The standard InChI is InChI=1S/C67H53BN2OS/c1-65(2,3)40-27-30-42(31-28-40)70-52-37-56-45(43-23-16-18-26-55(43)72-56)34-47(52)60-61-58(44-24-15-17-25-49(44)67(61,7)8)59-46-33-41(66(4,5)6)29-32-51(46)69-53-35-48-54(36-50(53)68(70)62(60)63(59)69)71-64(39-21-13-10-14-22-39)57(48)38-19-11-9-12-20-38/h9-37H,1-8H3. The van der Waals surface area contributed by atoms with Crippen molar-refractivity contribution in [2.24, 2.45) is 0 Å². The second-order valence-corrected chi connectivity index (χ2v) is 24.3. The molecule has 0 amide bonds. The molecule has 0 N–H and O–H groups in total. The third-order valence-electron chi connectivity index (χ3n) is 16.6. The first kappa shape index (κ1) is 42.1. The summed E-state index contributed by atoms with van der Waals surface area (Å²) in [4.78, 5) is 2.71. The summed E-state index contributed by atoms with van der Waals surface area (Å²) in [5, 5.41) is 6.40. The molecule has 0 fully saturated rings. The Kier molecular flexibility index (Phi) is 8.37. The molecular weight excluding hydrogens is 892 g/mol. The molecule has 0 spiro atoms. The van der Waals surface area contributed by atoms with Crippen LogP contribution in [0.1, 0.15) is 77.6 Å². The molecule has 3 nitrogen and oxygen atoms in total. The normalized spacial score (nSPS) is 14.4. The van der Waals surface area contributed by atoms with Crippen LogP contribution >= 0.6 is 11.3 Å². The van der Waals surface area contributed by atoms with Gasteiger partial charge in [0.1, 0.15) is 11.3 Å². The highest BCUT2D eigenvalue weighted by atomic mass is 32.1. The molecule has 346 valence electrons. The minimum atomic E-state index is -0.299. The van der Waals surface area contributed by atoms with Crippen LogP contribution in [0.3, 0.4) is 0 Å². The summed E-state index contributed by atoms with van der Waals surface area (Å²) < 4.78 is 12.6. The summed E-state index contributed by atoms with van der Waals surface area (Å²) in [5.41, 5.74) is 23.5. The number of hydrogen-bond acceptors (Lipinski definition) is 3. The molecule has 5 heterocycles. The van der Waals surface area contributed by atoms with Crippen LogP contribution in [0.5, 0.6) is 0 Å². The quantitative estimate of drug-likeness (QED) is 0.165. The summed E-state index contributed by atoms with van der Waals surface area (Å²) in [6.45, 7) is 18.7. The molecule has 2 aliphatic heterocycles. The molecule has 1 aliphatic carbocycles. The molecular formula is C67H53BN2OS. The second kappa shape index (κ2) is 14.3. The third-order valence-corrected chi connectivity index (χ3v) is 17.8. The van der Waals surface area contributed by atoms with E-state index in [1.807, 2.05) is 11.3 Å². The number of hydrogen-bond donors (Lipinski definition) is 0. The van der Waals surface area contributed by atoms with Gasteiger partial charge in [-0.05, 0) is 121 Å². The van der Waals surface area contributed by atoms with Crippen LogP contribution in [-0.4, -0.2) is 11.4 Å². The summed E-state index contributed by atoms with van der Waals surface area (Å²) in [6.07, 6.45) is 0. The molecule has 0 radical (unpaired) electrons. The average molecular weight is 945 g/mol. The molecule has 12 aromatic rings. The van der Waals surface area contributed by atoms with Crippen molar-refractivity contribution in [2.45, 2.75) is 71.6 Å². The van der Waals surface area contributed by atoms with E-state index >= 15 is 0 Å². The Morgan fingerprint density at radius 2 is 1.21 bits per heavy atom. The van der Waals surface area contributed by atoms with Crippen molar-refractivity contribution in [3.8, 4) is 50.4 Å². The molecule has 15 rings (SSSR count). The highest BCUT2D eigenvalue weighted by Crippen LogP contribution is 2.60. The Bertz CT molecular complexity index is 4310. The zero-order chi connectivity index (χ0) is 48.7. The fourth-order valence-corrected chi connectivity index (χ4v) is 14.3. The van der Waals surface area contributed by atoms with Gasteiger partial charge >= 0.3 is 6.85 Å². The number of fused-ring (bicyclic) bond motifs is 17. The van der Waals surface area contributed by atoms with Gasteiger partial charge in [0.05, 0.1) is 11.0 Å². The van der Waals surface area contributed by atoms with Crippen molar-refractivity contribution in [3.63, 3.8) is 0 Å². The van der Waals surface area contributed by atoms with Crippen LogP contribution in [0.4, 0.5) is 11.4 Å². The van der Waals surface area contributed by atoms with Gasteiger partial charge in [-0.3, -0.25) is 0 Å². The van der Waals surface area contributed by atoms with Gasteiger partial charge in [0, 0.05) is 75.5 Å². The van der Waals surface area contributed by atoms with E-state index in [4.69, 9.17) is 4.42 Å². The van der Waals surface area contributed by atoms with E-state index in [9.17, 15) is 0 Å². The van der Waals surface area contributed by atoms with E-state index in [1.165, 1.54) is 114 Å². The third kappa shape index (κ3) is 5.58. The van der Waals surface area contributed by atoms with Crippen molar-refractivity contribution in [1.82, 2.24) is 4.57 Å². The first-order valence-electron chi connectivity index (χ1n) is 25.6. The van der Waals surface area contributed by atoms with Crippen molar-refractivity contribution in [1.29, 1.82) is 0 Å². The van der Waals surface area contributed by atoms with Gasteiger partial charge < -0.3 is 13.8 Å². The maximum atomic E-state index is 7.31. The van der Waals surface area contributed by atoms with Crippen LogP contribution in [0.15, 0.2) is 180 Å². The zero-order valence-corrected chi connectivity index (χ0v) is 42.8. The van der Waals surface area contributed by atoms with Crippen LogP contribution in [0.2, 0.25) is 0 Å². The largest absolute Gasteiger partial charge is 0.455 e. The predicted octanol–water partition coefficient (Wildman–Crippen LogP) is 17.4. The number of nitrogens with zero attached hydrogens (tertiary/aromatic N) is 2. The monoisotopic (exact) mass is 944 g/mol. The van der Waals surface area contributed by atoms with Gasteiger partial charge in [0.2, 0.25) is 0 Å². The van der Waals surface area contributed by atoms with Crippen LogP contribution in [-0.2, 0) is 16.2 Å². The molecule has 3 aromatic heterocycles. The minimum absolute atomic E-state index is 0.00355. The average Bonchev–Trinajstić information content (AvgIpc) is 4.11. The van der Waals surface area contributed by atoms with E-state index in [1.54, 1.807) is 0 Å². The highest BCUT2D eigenvalue weighted by molar-refractivity contribution is 7.25. The van der Waals surface area contributed by atoms with E-state index < -0.39 is 0 Å². The Morgan fingerprint density at radius 3 is 1.96 bits per heavy atom. The Labute approximate surface area is 425 Å². The fraction of sp³-hybridized carbons (Fsp3) is 0.164. The number of anilines is 2. The number of rotatable bonds is 3. The van der Waals surface area contributed by atoms with Gasteiger partial charge in [-0.2, -0.15) is 0 Å². The molecule has 5 heteroatoms. The molecule has 72 heavy (non-hydrogen) atoms. The number of furan rings is 1. The second-order valence-electron chi connectivity index (χ2n) is 23.2. The van der Waals surface area contributed by atoms with Gasteiger partial charge in [-0.1, -0.05) is 177 Å². The summed E-state index contributed by atoms with van der Waals surface area (Å²) in [5.74, 6) is 0.891. The number of benzene rings is 9. The summed E-state index contributed by atoms with van der Waals surface area (Å²) in [6, 6.07) is 66.7. The van der Waals surface area contributed by atoms with Crippen LogP contribution in [0, 0.1) is 0 Å².